The summed E-state index contributed by atoms with van der Waals surface area (Å²) in [5.74, 6) is 0.506. The quantitative estimate of drug-likeness (QED) is 0.519. The van der Waals surface area contributed by atoms with Gasteiger partial charge in [-0.2, -0.15) is 0 Å². The summed E-state index contributed by atoms with van der Waals surface area (Å²) in [6, 6.07) is 5.11. The number of hydrogen-bond donors (Lipinski definition) is 0. The second-order valence-electron chi connectivity index (χ2n) is 7.40. The molecule has 1 aliphatic rings. The van der Waals surface area contributed by atoms with Crippen LogP contribution in [0.3, 0.4) is 0 Å². The molecule has 3 heterocycles. The first kappa shape index (κ1) is 23.3. The number of carboxylic acids is 1. The zero-order chi connectivity index (χ0) is 21.4. The third-order valence-electron chi connectivity index (χ3n) is 5.37. The number of carbonyl (C=O) groups is 1. The molecule has 0 saturated carbocycles. The summed E-state index contributed by atoms with van der Waals surface area (Å²) in [5, 5.41) is 12.5. The van der Waals surface area contributed by atoms with E-state index < -0.39 is 5.97 Å². The minimum Gasteiger partial charge on any atom is -0.545 e. The van der Waals surface area contributed by atoms with Gasteiger partial charge in [0.15, 0.2) is 5.76 Å². The second kappa shape index (κ2) is 9.40. The number of aryl methyl sites for hydroxylation is 1. The molecule has 154 valence electrons. The Balaban J connectivity index is 0.00000272. The molecule has 6 nitrogen and oxygen atoms in total. The van der Waals surface area contributed by atoms with Crippen molar-refractivity contribution in [2.45, 2.75) is 13.8 Å². The van der Waals surface area contributed by atoms with E-state index in [4.69, 9.17) is 18.9 Å². The standard InChI is InChI=1S/C24H23NO5.Na/c1-5-16-14(4)23(30-19(16)6-2)18-9-17(24(26)27)21-20(29-12-15-10-28-11-15)8-7-13(3)22(21)25-18;/h5-9,15H,1-2,10-12H2,3-4H3,(H,26,27);/q;+1/p-1. The summed E-state index contributed by atoms with van der Waals surface area (Å²) in [4.78, 5) is 16.8. The molecule has 3 aromatic rings. The van der Waals surface area contributed by atoms with Gasteiger partial charge in [-0.1, -0.05) is 25.3 Å². The van der Waals surface area contributed by atoms with Crippen LogP contribution in [-0.2, 0) is 4.74 Å². The molecule has 4 rings (SSSR count). The Morgan fingerprint density at radius 1 is 1.29 bits per heavy atom. The summed E-state index contributed by atoms with van der Waals surface area (Å²) in [6.45, 7) is 13.1. The number of ether oxygens (including phenoxy) is 2. The fourth-order valence-electron chi connectivity index (χ4n) is 3.63. The zero-order valence-electron chi connectivity index (χ0n) is 18.0. The van der Waals surface area contributed by atoms with Crippen LogP contribution in [0, 0.1) is 19.8 Å². The Kier molecular flexibility index (Phi) is 7.06. The van der Waals surface area contributed by atoms with Crippen LogP contribution < -0.4 is 39.4 Å². The van der Waals surface area contributed by atoms with Crippen molar-refractivity contribution >= 4 is 29.0 Å². The van der Waals surface area contributed by atoms with Gasteiger partial charge in [-0.05, 0) is 37.6 Å². The fourth-order valence-corrected chi connectivity index (χ4v) is 3.63. The molecule has 1 aliphatic heterocycles. The number of fused-ring (bicyclic) bond motifs is 1. The van der Waals surface area contributed by atoms with Crippen molar-refractivity contribution < 1.29 is 53.3 Å². The average molecular weight is 427 g/mol. The van der Waals surface area contributed by atoms with E-state index in [0.29, 0.717) is 59.6 Å². The SMILES string of the molecule is C=Cc1oc(-c2cc(C(=O)[O-])c3c(OCC4COC4)ccc(C)c3n2)c(C)c1C=C.[Na+]. The third-order valence-corrected chi connectivity index (χ3v) is 5.37. The van der Waals surface area contributed by atoms with Crippen LogP contribution in [0.25, 0.3) is 34.5 Å². The van der Waals surface area contributed by atoms with Crippen LogP contribution in [0.1, 0.15) is 32.8 Å². The number of aromatic nitrogens is 1. The van der Waals surface area contributed by atoms with Crippen molar-refractivity contribution in [1.82, 2.24) is 4.98 Å². The maximum atomic E-state index is 12.1. The Morgan fingerprint density at radius 2 is 2.03 bits per heavy atom. The van der Waals surface area contributed by atoms with Crippen molar-refractivity contribution in [3.63, 3.8) is 0 Å². The molecule has 0 unspecified atom stereocenters. The molecule has 31 heavy (non-hydrogen) atoms. The van der Waals surface area contributed by atoms with Crippen molar-refractivity contribution in [3.05, 3.63) is 59.4 Å². The molecule has 0 N–H and O–H groups in total. The minimum atomic E-state index is -1.30. The van der Waals surface area contributed by atoms with E-state index in [1.807, 2.05) is 19.9 Å². The predicted molar refractivity (Wildman–Crippen MR) is 113 cm³/mol. The Labute approximate surface area is 202 Å². The largest absolute Gasteiger partial charge is 1.00 e. The first-order valence-electron chi connectivity index (χ1n) is 9.69. The van der Waals surface area contributed by atoms with Crippen LogP contribution in [0.2, 0.25) is 0 Å². The number of benzene rings is 1. The molecule has 1 fully saturated rings. The first-order valence-corrected chi connectivity index (χ1v) is 9.69. The van der Waals surface area contributed by atoms with Crippen LogP contribution in [0.15, 0.2) is 35.8 Å². The molecule has 2 aromatic heterocycles. The number of furan rings is 1. The number of aromatic carboxylic acids is 1. The van der Waals surface area contributed by atoms with Gasteiger partial charge in [0, 0.05) is 22.6 Å². The van der Waals surface area contributed by atoms with E-state index in [2.05, 4.69) is 13.2 Å². The van der Waals surface area contributed by atoms with Gasteiger partial charge in [0.25, 0.3) is 0 Å². The van der Waals surface area contributed by atoms with Crippen LogP contribution in [0.4, 0.5) is 0 Å². The normalized spacial score (nSPS) is 13.4. The molecule has 7 heteroatoms. The molecule has 0 amide bonds. The molecule has 0 aliphatic carbocycles. The van der Waals surface area contributed by atoms with Gasteiger partial charge in [-0.25, -0.2) is 4.98 Å². The van der Waals surface area contributed by atoms with Gasteiger partial charge in [0.05, 0.1) is 36.7 Å². The van der Waals surface area contributed by atoms with Gasteiger partial charge >= 0.3 is 29.6 Å². The minimum absolute atomic E-state index is 0. The van der Waals surface area contributed by atoms with Gasteiger partial charge in [0.1, 0.15) is 17.2 Å². The van der Waals surface area contributed by atoms with E-state index in [1.54, 1.807) is 18.2 Å². The topological polar surface area (TPSA) is 84.6 Å². The molecule has 1 saturated heterocycles. The van der Waals surface area contributed by atoms with E-state index in [0.717, 1.165) is 16.7 Å². The van der Waals surface area contributed by atoms with E-state index in [9.17, 15) is 9.90 Å². The summed E-state index contributed by atoms with van der Waals surface area (Å²) in [7, 11) is 0. The van der Waals surface area contributed by atoms with Crippen molar-refractivity contribution in [3.8, 4) is 17.2 Å². The smallest absolute Gasteiger partial charge is 0.545 e. The van der Waals surface area contributed by atoms with Crippen LogP contribution in [0.5, 0.6) is 5.75 Å². The summed E-state index contributed by atoms with van der Waals surface area (Å²) < 4.78 is 17.0. The Hall–Kier alpha value is -2.38. The molecule has 0 radical (unpaired) electrons. The van der Waals surface area contributed by atoms with E-state index >= 15 is 0 Å². The molecular formula is C24H22NNaO5. The number of rotatable bonds is 7. The summed E-state index contributed by atoms with van der Waals surface area (Å²) >= 11 is 0. The molecule has 0 bridgehead atoms. The van der Waals surface area contributed by atoms with Gasteiger partial charge in [-0.15, -0.1) is 0 Å². The predicted octanol–water partition coefficient (Wildman–Crippen LogP) is 0.790. The van der Waals surface area contributed by atoms with Gasteiger partial charge < -0.3 is 23.8 Å². The number of carboxylic acid groups (broad SMARTS) is 1. The van der Waals surface area contributed by atoms with Crippen LogP contribution in [-0.4, -0.2) is 30.8 Å². The molecule has 0 atom stereocenters. The Morgan fingerprint density at radius 3 is 2.58 bits per heavy atom. The number of carbonyl (C=O) groups excluding carboxylic acids is 1. The second-order valence-corrected chi connectivity index (χ2v) is 7.40. The number of hydrogen-bond acceptors (Lipinski definition) is 6. The monoisotopic (exact) mass is 427 g/mol. The first-order chi connectivity index (χ1) is 14.4. The molecule has 0 spiro atoms. The average Bonchev–Trinajstić information content (AvgIpc) is 3.03. The summed E-state index contributed by atoms with van der Waals surface area (Å²) in [5.41, 5.74) is 3.38. The van der Waals surface area contributed by atoms with Gasteiger partial charge in [0.2, 0.25) is 0 Å². The molecule has 1 aromatic carbocycles. The van der Waals surface area contributed by atoms with E-state index in [-0.39, 0.29) is 35.1 Å². The van der Waals surface area contributed by atoms with Crippen molar-refractivity contribution in [2.24, 2.45) is 5.92 Å². The van der Waals surface area contributed by atoms with E-state index in [1.165, 1.54) is 6.07 Å². The van der Waals surface area contributed by atoms with Crippen molar-refractivity contribution in [1.29, 1.82) is 0 Å². The van der Waals surface area contributed by atoms with Gasteiger partial charge in [-0.3, -0.25) is 0 Å². The number of pyridine rings is 1. The molecular weight excluding hydrogens is 405 g/mol. The zero-order valence-corrected chi connectivity index (χ0v) is 20.0. The maximum absolute atomic E-state index is 12.1. The summed E-state index contributed by atoms with van der Waals surface area (Å²) in [6.07, 6.45) is 3.27. The maximum Gasteiger partial charge on any atom is 1.00 e. The third kappa shape index (κ3) is 4.21. The van der Waals surface area contributed by atoms with Crippen molar-refractivity contribution in [2.75, 3.05) is 19.8 Å². The Bertz CT molecular complexity index is 1180. The fraction of sp³-hybridized carbons (Fsp3) is 0.250. The van der Waals surface area contributed by atoms with Crippen LogP contribution >= 0.6 is 0 Å². The number of nitrogens with zero attached hydrogens (tertiary/aromatic N) is 1.